The zero-order valence-corrected chi connectivity index (χ0v) is 13.9. The highest BCUT2D eigenvalue weighted by molar-refractivity contribution is 5.51. The summed E-state index contributed by atoms with van der Waals surface area (Å²) in [6.07, 6.45) is 2.72. The largest absolute Gasteiger partial charge is 0.394 e. The van der Waals surface area contributed by atoms with Crippen molar-refractivity contribution in [1.29, 1.82) is 5.26 Å². The van der Waals surface area contributed by atoms with Crippen molar-refractivity contribution in [1.82, 2.24) is 9.88 Å². The van der Waals surface area contributed by atoms with Crippen molar-refractivity contribution in [3.63, 3.8) is 0 Å². The third kappa shape index (κ3) is 3.56. The quantitative estimate of drug-likeness (QED) is 0.938. The second kappa shape index (κ2) is 7.43. The maximum Gasteiger partial charge on any atom is 0.0991 e. The van der Waals surface area contributed by atoms with Crippen molar-refractivity contribution in [2.45, 2.75) is 25.6 Å². The molecule has 1 atom stereocenters. The molecule has 0 saturated heterocycles. The lowest BCUT2D eigenvalue weighted by Crippen LogP contribution is -2.41. The lowest BCUT2D eigenvalue weighted by atomic mass is 10.1. The number of anilines is 1. The molecule has 24 heavy (non-hydrogen) atoms. The Morgan fingerprint density at radius 3 is 2.79 bits per heavy atom. The summed E-state index contributed by atoms with van der Waals surface area (Å²) in [7, 11) is 2.03. The average Bonchev–Trinajstić information content (AvgIpc) is 2.61. The Morgan fingerprint density at radius 2 is 2.08 bits per heavy atom. The first kappa shape index (κ1) is 16.4. The second-order valence-electron chi connectivity index (χ2n) is 6.22. The molecule has 0 bridgehead atoms. The number of aromatic nitrogens is 1. The van der Waals surface area contributed by atoms with Gasteiger partial charge in [-0.1, -0.05) is 12.1 Å². The lowest BCUT2D eigenvalue weighted by Gasteiger charge is -2.35. The first-order valence-electron chi connectivity index (χ1n) is 8.20. The average molecular weight is 322 g/mol. The maximum atomic E-state index is 9.73. The third-order valence-electron chi connectivity index (χ3n) is 4.65. The van der Waals surface area contributed by atoms with E-state index >= 15 is 0 Å². The van der Waals surface area contributed by atoms with E-state index < -0.39 is 0 Å². The standard InChI is InChI=1S/C19H22N4O/c1-22-17(14-24)8-10-23(13-18-19(22)3-2-9-21-18)12-16-6-4-15(11-20)5-7-16/h2-7,9,17,24H,8,10,12-14H2,1H3/t17-/m0/s1. The van der Waals surface area contributed by atoms with Gasteiger partial charge in [-0.3, -0.25) is 9.88 Å². The summed E-state index contributed by atoms with van der Waals surface area (Å²) in [5, 5.41) is 18.6. The smallest absolute Gasteiger partial charge is 0.0991 e. The molecule has 0 unspecified atom stereocenters. The molecule has 0 saturated carbocycles. The molecular weight excluding hydrogens is 300 g/mol. The molecular formula is C19H22N4O. The number of pyridine rings is 1. The van der Waals surface area contributed by atoms with Gasteiger partial charge in [-0.25, -0.2) is 0 Å². The molecule has 0 spiro atoms. The molecule has 1 N–H and O–H groups in total. The number of hydrogen-bond acceptors (Lipinski definition) is 5. The van der Waals surface area contributed by atoms with Gasteiger partial charge in [-0.05, 0) is 36.2 Å². The Labute approximate surface area is 142 Å². The molecule has 0 amide bonds. The number of rotatable bonds is 3. The van der Waals surface area contributed by atoms with E-state index in [1.165, 1.54) is 5.56 Å². The van der Waals surface area contributed by atoms with Crippen LogP contribution >= 0.6 is 0 Å². The van der Waals surface area contributed by atoms with E-state index in [0.29, 0.717) is 5.56 Å². The highest BCUT2D eigenvalue weighted by Crippen LogP contribution is 2.25. The van der Waals surface area contributed by atoms with Crippen LogP contribution in [0.1, 0.15) is 23.2 Å². The van der Waals surface area contributed by atoms with Gasteiger partial charge in [0.25, 0.3) is 0 Å². The first-order chi connectivity index (χ1) is 11.7. The number of likely N-dealkylation sites (N-methyl/N-ethyl adjacent to an activating group) is 1. The van der Waals surface area contributed by atoms with E-state index in [-0.39, 0.29) is 12.6 Å². The fourth-order valence-corrected chi connectivity index (χ4v) is 3.18. The third-order valence-corrected chi connectivity index (χ3v) is 4.65. The van der Waals surface area contributed by atoms with Crippen LogP contribution < -0.4 is 4.90 Å². The van der Waals surface area contributed by atoms with Gasteiger partial charge in [0, 0.05) is 32.9 Å². The number of aliphatic hydroxyl groups excluding tert-OH is 1. The first-order valence-corrected chi connectivity index (χ1v) is 8.20. The Kier molecular flexibility index (Phi) is 5.09. The Hall–Kier alpha value is -2.42. The van der Waals surface area contributed by atoms with Crippen LogP contribution in [0.5, 0.6) is 0 Å². The Bertz CT molecular complexity index is 723. The molecule has 1 aromatic heterocycles. The molecule has 124 valence electrons. The summed E-state index contributed by atoms with van der Waals surface area (Å²) in [6.45, 7) is 2.61. The van der Waals surface area contributed by atoms with Gasteiger partial charge in [-0.15, -0.1) is 0 Å². The van der Waals surface area contributed by atoms with E-state index in [4.69, 9.17) is 5.26 Å². The Morgan fingerprint density at radius 1 is 1.29 bits per heavy atom. The van der Waals surface area contributed by atoms with Gasteiger partial charge in [0.05, 0.1) is 35.7 Å². The summed E-state index contributed by atoms with van der Waals surface area (Å²) in [6, 6.07) is 14.0. The molecule has 0 fully saturated rings. The minimum Gasteiger partial charge on any atom is -0.394 e. The van der Waals surface area contributed by atoms with E-state index in [1.54, 1.807) is 0 Å². The van der Waals surface area contributed by atoms with Crippen molar-refractivity contribution >= 4 is 5.69 Å². The molecule has 3 rings (SSSR count). The molecule has 1 aromatic carbocycles. The summed E-state index contributed by atoms with van der Waals surface area (Å²) in [4.78, 5) is 9.04. The molecule has 0 aliphatic carbocycles. The van der Waals surface area contributed by atoms with Crippen molar-refractivity contribution in [3.05, 3.63) is 59.4 Å². The molecule has 2 aromatic rings. The summed E-state index contributed by atoms with van der Waals surface area (Å²) in [5.74, 6) is 0. The van der Waals surface area contributed by atoms with Gasteiger partial charge in [0.2, 0.25) is 0 Å². The number of nitrogens with zero attached hydrogens (tertiary/aromatic N) is 4. The van der Waals surface area contributed by atoms with Crippen molar-refractivity contribution < 1.29 is 5.11 Å². The highest BCUT2D eigenvalue weighted by atomic mass is 16.3. The topological polar surface area (TPSA) is 63.4 Å². The maximum absolute atomic E-state index is 9.73. The highest BCUT2D eigenvalue weighted by Gasteiger charge is 2.23. The molecule has 2 heterocycles. The van der Waals surface area contributed by atoms with E-state index in [2.05, 4.69) is 26.9 Å². The second-order valence-corrected chi connectivity index (χ2v) is 6.22. The van der Waals surface area contributed by atoms with Crippen LogP contribution in [0.2, 0.25) is 0 Å². The molecule has 5 heteroatoms. The summed E-state index contributed by atoms with van der Waals surface area (Å²) in [5.41, 5.74) is 3.98. The van der Waals surface area contributed by atoms with Gasteiger partial charge >= 0.3 is 0 Å². The fraction of sp³-hybridized carbons (Fsp3) is 0.368. The lowest BCUT2D eigenvalue weighted by molar-refractivity contribution is 0.204. The van der Waals surface area contributed by atoms with Gasteiger partial charge < -0.3 is 10.0 Å². The van der Waals surface area contributed by atoms with E-state index in [1.807, 2.05) is 43.6 Å². The zero-order valence-electron chi connectivity index (χ0n) is 13.9. The van der Waals surface area contributed by atoms with Gasteiger partial charge in [-0.2, -0.15) is 5.26 Å². The van der Waals surface area contributed by atoms with Crippen molar-refractivity contribution in [3.8, 4) is 6.07 Å². The molecule has 1 aliphatic heterocycles. The Balaban J connectivity index is 1.82. The molecule has 5 nitrogen and oxygen atoms in total. The summed E-state index contributed by atoms with van der Waals surface area (Å²) < 4.78 is 0. The van der Waals surface area contributed by atoms with Crippen LogP contribution in [0, 0.1) is 11.3 Å². The molecule has 0 radical (unpaired) electrons. The predicted octanol–water partition coefficient (Wildman–Crippen LogP) is 2.16. The number of benzene rings is 1. The van der Waals surface area contributed by atoms with E-state index in [0.717, 1.165) is 37.4 Å². The van der Waals surface area contributed by atoms with Gasteiger partial charge in [0.1, 0.15) is 0 Å². The van der Waals surface area contributed by atoms with E-state index in [9.17, 15) is 5.11 Å². The fourth-order valence-electron chi connectivity index (χ4n) is 3.18. The van der Waals surface area contributed by atoms with Crippen LogP contribution in [0.25, 0.3) is 0 Å². The molecule has 1 aliphatic rings. The number of aliphatic hydroxyl groups is 1. The van der Waals surface area contributed by atoms with Crippen LogP contribution in [-0.4, -0.2) is 41.2 Å². The SMILES string of the molecule is CN1c2cccnc2CN(Cc2ccc(C#N)cc2)CC[C@H]1CO. The normalized spacial score (nSPS) is 18.4. The van der Waals surface area contributed by atoms with Crippen LogP contribution in [0.15, 0.2) is 42.6 Å². The van der Waals surface area contributed by atoms with Crippen LogP contribution in [0.4, 0.5) is 5.69 Å². The van der Waals surface area contributed by atoms with Gasteiger partial charge in [0.15, 0.2) is 0 Å². The van der Waals surface area contributed by atoms with Crippen LogP contribution in [-0.2, 0) is 13.1 Å². The number of hydrogen-bond donors (Lipinski definition) is 1. The van der Waals surface area contributed by atoms with Crippen LogP contribution in [0.3, 0.4) is 0 Å². The number of nitriles is 1. The minimum atomic E-state index is 0.0942. The van der Waals surface area contributed by atoms with Crippen molar-refractivity contribution in [2.24, 2.45) is 0 Å². The minimum absolute atomic E-state index is 0.0942. The summed E-state index contributed by atoms with van der Waals surface area (Å²) >= 11 is 0. The number of fused-ring (bicyclic) bond motifs is 1. The predicted molar refractivity (Wildman–Crippen MR) is 93.4 cm³/mol. The zero-order chi connectivity index (χ0) is 16.9. The monoisotopic (exact) mass is 322 g/mol. The van der Waals surface area contributed by atoms with Crippen molar-refractivity contribution in [2.75, 3.05) is 25.1 Å².